The number of benzene rings is 1. The zero-order chi connectivity index (χ0) is 13.1. The van der Waals surface area contributed by atoms with E-state index in [9.17, 15) is 5.11 Å². The molecule has 0 aliphatic carbocycles. The number of phenolic OH excluding ortho intramolecular Hbond substituents is 1. The summed E-state index contributed by atoms with van der Waals surface area (Å²) in [6, 6.07) is 4.73. The van der Waals surface area contributed by atoms with Gasteiger partial charge in [-0.05, 0) is 26.0 Å². The molecule has 0 bridgehead atoms. The molecule has 0 aliphatic heterocycles. The van der Waals surface area contributed by atoms with E-state index in [0.717, 1.165) is 0 Å². The molecule has 1 atom stereocenters. The van der Waals surface area contributed by atoms with Gasteiger partial charge in [0.1, 0.15) is 11.9 Å². The quantitative estimate of drug-likeness (QED) is 0.806. The number of rotatable bonds is 4. The Morgan fingerprint density at radius 3 is 2.94 bits per heavy atom. The van der Waals surface area contributed by atoms with E-state index in [1.165, 1.54) is 6.07 Å². The lowest BCUT2D eigenvalue weighted by atomic mass is 10.2. The third-order valence-electron chi connectivity index (χ3n) is 2.47. The summed E-state index contributed by atoms with van der Waals surface area (Å²) in [6.45, 7) is 4.29. The van der Waals surface area contributed by atoms with Gasteiger partial charge in [-0.3, -0.25) is 0 Å². The van der Waals surface area contributed by atoms with Crippen LogP contribution in [0, 0.1) is 0 Å². The smallest absolute Gasteiger partial charge is 0.261 e. The van der Waals surface area contributed by atoms with Gasteiger partial charge in [0.15, 0.2) is 0 Å². The Morgan fingerprint density at radius 2 is 2.28 bits per heavy atom. The van der Waals surface area contributed by atoms with Crippen molar-refractivity contribution in [3.63, 3.8) is 0 Å². The van der Waals surface area contributed by atoms with Gasteiger partial charge in [-0.25, -0.2) is 0 Å². The minimum Gasteiger partial charge on any atom is -0.507 e. The van der Waals surface area contributed by atoms with Gasteiger partial charge in [-0.1, -0.05) is 5.16 Å². The number of aromatic hydroxyl groups is 1. The third kappa shape index (κ3) is 2.43. The van der Waals surface area contributed by atoms with E-state index in [1.807, 2.05) is 13.8 Å². The first-order valence-electron chi connectivity index (χ1n) is 5.66. The van der Waals surface area contributed by atoms with E-state index in [0.29, 0.717) is 23.7 Å². The molecule has 0 spiro atoms. The van der Waals surface area contributed by atoms with E-state index in [4.69, 9.17) is 15.0 Å². The third-order valence-corrected chi connectivity index (χ3v) is 2.47. The molecule has 18 heavy (non-hydrogen) atoms. The molecular formula is C12H15N3O3. The van der Waals surface area contributed by atoms with Crippen molar-refractivity contribution in [2.45, 2.75) is 20.0 Å². The molecule has 6 nitrogen and oxygen atoms in total. The number of hydrogen-bond acceptors (Lipinski definition) is 6. The molecule has 1 unspecified atom stereocenters. The van der Waals surface area contributed by atoms with Crippen LogP contribution >= 0.6 is 0 Å². The number of hydrogen-bond donors (Lipinski definition) is 2. The molecule has 0 radical (unpaired) electrons. The molecule has 0 saturated heterocycles. The number of ether oxygens (including phenoxy) is 1. The van der Waals surface area contributed by atoms with Crippen molar-refractivity contribution in [3.05, 3.63) is 24.0 Å². The molecule has 0 saturated carbocycles. The van der Waals surface area contributed by atoms with Crippen LogP contribution in [0.3, 0.4) is 0 Å². The maximum atomic E-state index is 9.76. The molecule has 96 valence electrons. The number of aromatic nitrogens is 2. The van der Waals surface area contributed by atoms with Gasteiger partial charge in [0.2, 0.25) is 5.82 Å². The molecule has 1 aromatic heterocycles. The zero-order valence-corrected chi connectivity index (χ0v) is 10.3. The van der Waals surface area contributed by atoms with Crippen molar-refractivity contribution in [2.24, 2.45) is 0 Å². The Hall–Kier alpha value is -2.08. The summed E-state index contributed by atoms with van der Waals surface area (Å²) >= 11 is 0. The van der Waals surface area contributed by atoms with Crippen LogP contribution < -0.4 is 5.73 Å². The predicted octanol–water partition coefficient (Wildman–Crippen LogP) is 2.12. The lowest BCUT2D eigenvalue weighted by molar-refractivity contribution is 0.0683. The second-order valence-electron chi connectivity index (χ2n) is 3.83. The topological polar surface area (TPSA) is 94.4 Å². The Morgan fingerprint density at radius 1 is 1.50 bits per heavy atom. The highest BCUT2D eigenvalue weighted by Gasteiger charge is 2.17. The molecule has 0 aliphatic rings. The molecule has 0 amide bonds. The maximum Gasteiger partial charge on any atom is 0.261 e. The van der Waals surface area contributed by atoms with Crippen molar-refractivity contribution in [1.29, 1.82) is 0 Å². The lowest BCUT2D eigenvalue weighted by Crippen LogP contribution is -2.01. The van der Waals surface area contributed by atoms with E-state index in [-0.39, 0.29) is 17.7 Å². The van der Waals surface area contributed by atoms with Crippen LogP contribution in [0.5, 0.6) is 5.75 Å². The van der Waals surface area contributed by atoms with Crippen molar-refractivity contribution < 1.29 is 14.4 Å². The van der Waals surface area contributed by atoms with Crippen molar-refractivity contribution >= 4 is 5.69 Å². The predicted molar refractivity (Wildman–Crippen MR) is 65.9 cm³/mol. The van der Waals surface area contributed by atoms with Crippen LogP contribution in [-0.4, -0.2) is 21.9 Å². The van der Waals surface area contributed by atoms with Crippen molar-refractivity contribution in [2.75, 3.05) is 12.3 Å². The van der Waals surface area contributed by atoms with Gasteiger partial charge in [-0.2, -0.15) is 4.98 Å². The molecular weight excluding hydrogens is 234 g/mol. The normalized spacial score (nSPS) is 12.6. The monoisotopic (exact) mass is 249 g/mol. The van der Waals surface area contributed by atoms with Gasteiger partial charge >= 0.3 is 0 Å². The summed E-state index contributed by atoms with van der Waals surface area (Å²) in [5.41, 5.74) is 6.47. The Kier molecular flexibility index (Phi) is 3.47. The van der Waals surface area contributed by atoms with Gasteiger partial charge in [0.25, 0.3) is 5.89 Å². The first-order chi connectivity index (χ1) is 8.61. The molecule has 2 rings (SSSR count). The van der Waals surface area contributed by atoms with Gasteiger partial charge in [0.05, 0.1) is 5.56 Å². The lowest BCUT2D eigenvalue weighted by Gasteiger charge is -2.04. The molecule has 1 aromatic carbocycles. The Labute approximate surface area is 104 Å². The highest BCUT2D eigenvalue weighted by Crippen LogP contribution is 2.30. The molecule has 6 heteroatoms. The van der Waals surface area contributed by atoms with Crippen molar-refractivity contribution in [1.82, 2.24) is 10.1 Å². The summed E-state index contributed by atoms with van der Waals surface area (Å²) in [4.78, 5) is 4.19. The van der Waals surface area contributed by atoms with Gasteiger partial charge in [-0.15, -0.1) is 0 Å². The summed E-state index contributed by atoms with van der Waals surface area (Å²) < 4.78 is 10.5. The van der Waals surface area contributed by atoms with Gasteiger partial charge in [0, 0.05) is 18.4 Å². The Balaban J connectivity index is 2.29. The van der Waals surface area contributed by atoms with Crippen LogP contribution in [0.1, 0.15) is 25.8 Å². The summed E-state index contributed by atoms with van der Waals surface area (Å²) in [5, 5.41) is 13.6. The van der Waals surface area contributed by atoms with Crippen LogP contribution in [0.25, 0.3) is 11.5 Å². The molecule has 0 fully saturated rings. The van der Waals surface area contributed by atoms with Crippen LogP contribution in [0.15, 0.2) is 22.7 Å². The highest BCUT2D eigenvalue weighted by molar-refractivity contribution is 5.66. The zero-order valence-electron chi connectivity index (χ0n) is 10.3. The van der Waals surface area contributed by atoms with Crippen LogP contribution in [0.4, 0.5) is 5.69 Å². The van der Waals surface area contributed by atoms with E-state index in [1.54, 1.807) is 12.1 Å². The van der Waals surface area contributed by atoms with E-state index >= 15 is 0 Å². The largest absolute Gasteiger partial charge is 0.507 e. The summed E-state index contributed by atoms with van der Waals surface area (Å²) in [5.74, 6) is 0.700. The number of phenols is 1. The average Bonchev–Trinajstić information content (AvgIpc) is 2.78. The van der Waals surface area contributed by atoms with Crippen LogP contribution in [0.2, 0.25) is 0 Å². The fourth-order valence-corrected chi connectivity index (χ4v) is 1.56. The number of nitrogens with zero attached hydrogens (tertiary/aromatic N) is 2. The minimum atomic E-state index is -0.247. The SMILES string of the molecule is CCOC(C)c1noc(-c2ccc(N)cc2O)n1. The standard InChI is InChI=1S/C12H15N3O3/c1-3-17-7(2)11-14-12(18-15-11)9-5-4-8(13)6-10(9)16/h4-7,16H,3,13H2,1-2H3. The highest BCUT2D eigenvalue weighted by atomic mass is 16.5. The number of anilines is 1. The number of nitrogen functional groups attached to an aromatic ring is 1. The Bertz CT molecular complexity index is 539. The second kappa shape index (κ2) is 5.05. The maximum absolute atomic E-state index is 9.76. The molecule has 2 aromatic rings. The van der Waals surface area contributed by atoms with Crippen LogP contribution in [-0.2, 0) is 4.74 Å². The second-order valence-corrected chi connectivity index (χ2v) is 3.83. The van der Waals surface area contributed by atoms with E-state index in [2.05, 4.69) is 10.1 Å². The minimum absolute atomic E-state index is 0.00858. The van der Waals surface area contributed by atoms with E-state index < -0.39 is 0 Å². The van der Waals surface area contributed by atoms with Gasteiger partial charge < -0.3 is 20.1 Å². The first kappa shape index (κ1) is 12.4. The fourth-order valence-electron chi connectivity index (χ4n) is 1.56. The molecule has 3 N–H and O–H groups in total. The summed E-state index contributed by atoms with van der Waals surface area (Å²) in [7, 11) is 0. The number of nitrogens with two attached hydrogens (primary N) is 1. The summed E-state index contributed by atoms with van der Waals surface area (Å²) in [6.07, 6.45) is -0.247. The first-order valence-corrected chi connectivity index (χ1v) is 5.66. The fraction of sp³-hybridized carbons (Fsp3) is 0.333. The molecule has 1 heterocycles. The van der Waals surface area contributed by atoms with Crippen molar-refractivity contribution in [3.8, 4) is 17.2 Å². The average molecular weight is 249 g/mol.